The van der Waals surface area contributed by atoms with Crippen LogP contribution < -0.4 is 5.32 Å². The Bertz CT molecular complexity index is 1020. The lowest BCUT2D eigenvalue weighted by atomic mass is 10.0. The number of nitrogens with one attached hydrogen (secondary N) is 1. The molecule has 0 aromatic carbocycles. The van der Waals surface area contributed by atoms with E-state index >= 15 is 0 Å². The summed E-state index contributed by atoms with van der Waals surface area (Å²) in [5, 5.41) is 23.4. The second-order valence-electron chi connectivity index (χ2n) is 22.8. The van der Waals surface area contributed by atoms with Gasteiger partial charge in [0.15, 0.2) is 0 Å². The van der Waals surface area contributed by atoms with Gasteiger partial charge in [0.25, 0.3) is 0 Å². The van der Waals surface area contributed by atoms with Crippen LogP contribution in [0.2, 0.25) is 0 Å². The first-order chi connectivity index (χ1) is 35.0. The number of esters is 1. The maximum absolute atomic E-state index is 12.5. The van der Waals surface area contributed by atoms with Crippen molar-refractivity contribution in [3.05, 3.63) is 0 Å². The molecule has 1 amide bonds. The van der Waals surface area contributed by atoms with Gasteiger partial charge in [0, 0.05) is 12.8 Å². The molecule has 0 saturated carbocycles. The minimum absolute atomic E-state index is 0.00917. The van der Waals surface area contributed by atoms with Crippen LogP contribution in [0.5, 0.6) is 0 Å². The van der Waals surface area contributed by atoms with Crippen molar-refractivity contribution in [2.45, 2.75) is 392 Å². The zero-order chi connectivity index (χ0) is 51.4. The van der Waals surface area contributed by atoms with Gasteiger partial charge in [0.2, 0.25) is 5.91 Å². The average Bonchev–Trinajstić information content (AvgIpc) is 3.37. The van der Waals surface area contributed by atoms with Gasteiger partial charge in [-0.2, -0.15) is 0 Å². The summed E-state index contributed by atoms with van der Waals surface area (Å²) in [6, 6.07) is -0.546. The molecule has 71 heavy (non-hydrogen) atoms. The summed E-state index contributed by atoms with van der Waals surface area (Å²) in [7, 11) is 0. The molecule has 0 aliphatic carbocycles. The van der Waals surface area contributed by atoms with Crippen LogP contribution in [0.4, 0.5) is 0 Å². The van der Waals surface area contributed by atoms with Crippen LogP contribution in [-0.4, -0.2) is 47.4 Å². The fourth-order valence-corrected chi connectivity index (χ4v) is 10.6. The highest BCUT2D eigenvalue weighted by Gasteiger charge is 2.20. The quantitative estimate of drug-likeness (QED) is 0.0417. The Morgan fingerprint density at radius 1 is 0.338 bits per heavy atom. The minimum Gasteiger partial charge on any atom is -0.466 e. The highest BCUT2D eigenvalue weighted by molar-refractivity contribution is 5.76. The lowest BCUT2D eigenvalue weighted by molar-refractivity contribution is -0.143. The van der Waals surface area contributed by atoms with E-state index in [4.69, 9.17) is 4.74 Å². The molecule has 2 unspecified atom stereocenters. The summed E-state index contributed by atoms with van der Waals surface area (Å²) < 4.78 is 5.50. The van der Waals surface area contributed by atoms with Crippen molar-refractivity contribution >= 4 is 11.9 Å². The molecule has 3 N–H and O–H groups in total. The number of carbonyl (C=O) groups excluding carboxylic acids is 2. The number of unbranched alkanes of at least 4 members (excludes halogenated alkanes) is 51. The van der Waals surface area contributed by atoms with Crippen LogP contribution in [0.25, 0.3) is 0 Å². The van der Waals surface area contributed by atoms with Crippen molar-refractivity contribution in [2.75, 3.05) is 13.2 Å². The molecular weight excluding hydrogens is 875 g/mol. The van der Waals surface area contributed by atoms with Crippen molar-refractivity contribution in [1.29, 1.82) is 0 Å². The van der Waals surface area contributed by atoms with Crippen LogP contribution in [0.1, 0.15) is 380 Å². The van der Waals surface area contributed by atoms with E-state index in [1.54, 1.807) is 0 Å². The average molecular weight is 1000 g/mol. The van der Waals surface area contributed by atoms with Crippen LogP contribution in [-0.2, 0) is 14.3 Å². The first-order valence-electron chi connectivity index (χ1n) is 32.8. The number of rotatable bonds is 62. The summed E-state index contributed by atoms with van der Waals surface area (Å²) in [4.78, 5) is 24.6. The van der Waals surface area contributed by atoms with E-state index in [1.807, 2.05) is 0 Å². The Kier molecular flexibility index (Phi) is 60.4. The van der Waals surface area contributed by atoms with E-state index in [0.717, 1.165) is 38.5 Å². The summed E-state index contributed by atoms with van der Waals surface area (Å²) in [5.41, 5.74) is 0. The molecule has 6 nitrogen and oxygen atoms in total. The predicted molar refractivity (Wildman–Crippen MR) is 310 cm³/mol. The summed E-state index contributed by atoms with van der Waals surface area (Å²) in [6.45, 7) is 4.99. The molecule has 0 bridgehead atoms. The van der Waals surface area contributed by atoms with E-state index in [2.05, 4.69) is 19.2 Å². The lowest BCUT2D eigenvalue weighted by Crippen LogP contribution is -2.45. The Hall–Kier alpha value is -1.14. The first kappa shape index (κ1) is 69.9. The zero-order valence-corrected chi connectivity index (χ0v) is 48.5. The summed E-state index contributed by atoms with van der Waals surface area (Å²) in [5.74, 6) is -0.0276. The monoisotopic (exact) mass is 1000 g/mol. The number of hydrogen-bond acceptors (Lipinski definition) is 5. The third-order valence-corrected chi connectivity index (χ3v) is 15.7. The number of ether oxygens (including phenoxy) is 1. The van der Waals surface area contributed by atoms with E-state index in [1.165, 1.54) is 308 Å². The topological polar surface area (TPSA) is 95.9 Å². The fourth-order valence-electron chi connectivity index (χ4n) is 10.6. The molecule has 0 heterocycles. The van der Waals surface area contributed by atoms with Crippen molar-refractivity contribution in [2.24, 2.45) is 0 Å². The third kappa shape index (κ3) is 58.0. The van der Waals surface area contributed by atoms with Crippen molar-refractivity contribution in [1.82, 2.24) is 5.32 Å². The molecule has 0 saturated heterocycles. The Balaban J connectivity index is 3.39. The van der Waals surface area contributed by atoms with Gasteiger partial charge in [-0.05, 0) is 25.7 Å². The Labute approximate surface area is 445 Å². The van der Waals surface area contributed by atoms with E-state index < -0.39 is 12.1 Å². The van der Waals surface area contributed by atoms with Gasteiger partial charge in [-0.3, -0.25) is 9.59 Å². The van der Waals surface area contributed by atoms with Crippen LogP contribution in [0.15, 0.2) is 0 Å². The molecule has 0 radical (unpaired) electrons. The van der Waals surface area contributed by atoms with Crippen LogP contribution >= 0.6 is 0 Å². The number of hydrogen-bond donors (Lipinski definition) is 3. The Morgan fingerprint density at radius 2 is 0.577 bits per heavy atom. The zero-order valence-electron chi connectivity index (χ0n) is 48.5. The molecule has 0 rings (SSSR count). The first-order valence-corrected chi connectivity index (χ1v) is 32.8. The van der Waals surface area contributed by atoms with Gasteiger partial charge in [-0.15, -0.1) is 0 Å². The predicted octanol–water partition coefficient (Wildman–Crippen LogP) is 20.6. The van der Waals surface area contributed by atoms with Gasteiger partial charge >= 0.3 is 5.97 Å². The number of aliphatic hydroxyl groups excluding tert-OH is 2. The van der Waals surface area contributed by atoms with E-state index in [9.17, 15) is 19.8 Å². The SMILES string of the molecule is CCCCCCCCCCCCCCCCCCCCCCC(O)C(CO)NC(=O)CCCCCCCCCCCCCCCCCCOC(=O)CCCCCCCCCCCCCCCCCCCC. The molecule has 424 valence electrons. The van der Waals surface area contributed by atoms with Crippen molar-refractivity contribution in [3.8, 4) is 0 Å². The van der Waals surface area contributed by atoms with Gasteiger partial charge in [0.1, 0.15) is 0 Å². The molecule has 0 aliphatic rings. The minimum atomic E-state index is -0.669. The number of aliphatic hydroxyl groups is 2. The summed E-state index contributed by atoms with van der Waals surface area (Å²) in [6.07, 6.45) is 72.6. The van der Waals surface area contributed by atoms with Crippen LogP contribution in [0.3, 0.4) is 0 Å². The Morgan fingerprint density at radius 3 is 0.859 bits per heavy atom. The highest BCUT2D eigenvalue weighted by Crippen LogP contribution is 2.19. The molecule has 6 heteroatoms. The van der Waals surface area contributed by atoms with Crippen molar-refractivity contribution < 1.29 is 24.5 Å². The second-order valence-corrected chi connectivity index (χ2v) is 22.8. The van der Waals surface area contributed by atoms with Gasteiger partial charge in [0.05, 0.1) is 25.4 Å². The lowest BCUT2D eigenvalue weighted by Gasteiger charge is -2.22. The third-order valence-electron chi connectivity index (χ3n) is 15.7. The van der Waals surface area contributed by atoms with Crippen LogP contribution in [0, 0.1) is 0 Å². The van der Waals surface area contributed by atoms with Gasteiger partial charge < -0.3 is 20.3 Å². The smallest absolute Gasteiger partial charge is 0.305 e. The summed E-state index contributed by atoms with van der Waals surface area (Å²) >= 11 is 0. The molecule has 0 aliphatic heterocycles. The molecular formula is C65H129NO5. The van der Waals surface area contributed by atoms with Crippen molar-refractivity contribution in [3.63, 3.8) is 0 Å². The van der Waals surface area contributed by atoms with Gasteiger partial charge in [-0.1, -0.05) is 341 Å². The molecule has 0 fully saturated rings. The van der Waals surface area contributed by atoms with Gasteiger partial charge in [-0.25, -0.2) is 0 Å². The van der Waals surface area contributed by atoms with E-state index in [-0.39, 0.29) is 18.5 Å². The molecule has 0 aromatic heterocycles. The number of carbonyl (C=O) groups is 2. The maximum Gasteiger partial charge on any atom is 0.305 e. The second kappa shape index (κ2) is 61.4. The maximum atomic E-state index is 12.5. The molecule has 2 atom stereocenters. The van der Waals surface area contributed by atoms with E-state index in [0.29, 0.717) is 25.9 Å². The normalized spacial score (nSPS) is 12.5. The standard InChI is InChI=1S/C65H129NO5/c1-3-5-7-9-11-13-15-17-19-21-23-24-25-29-33-37-41-45-49-53-57-63(68)62(61-67)66-64(69)58-54-50-46-42-38-34-30-27-28-32-36-40-44-48-52-56-60-71-65(70)59-55-51-47-43-39-35-31-26-22-20-18-16-14-12-10-8-6-4-2/h62-63,67-68H,3-61H2,1-2H3,(H,66,69). The number of amides is 1. The largest absolute Gasteiger partial charge is 0.466 e. The molecule has 0 aromatic rings. The highest BCUT2D eigenvalue weighted by atomic mass is 16.5. The molecule has 0 spiro atoms. The fraction of sp³-hybridized carbons (Fsp3) is 0.969.